The highest BCUT2D eigenvalue weighted by Gasteiger charge is 2.36. The summed E-state index contributed by atoms with van der Waals surface area (Å²) in [7, 11) is 0. The van der Waals surface area contributed by atoms with Gasteiger partial charge in [0.05, 0.1) is 5.71 Å². The zero-order chi connectivity index (χ0) is 27.3. The summed E-state index contributed by atoms with van der Waals surface area (Å²) in [6, 6.07) is 7.83. The van der Waals surface area contributed by atoms with Crippen molar-refractivity contribution in [2.75, 3.05) is 19.8 Å². The van der Waals surface area contributed by atoms with E-state index in [9.17, 15) is 31.5 Å². The highest BCUT2D eigenvalue weighted by molar-refractivity contribution is 6.34. The Morgan fingerprint density at radius 2 is 1.89 bits per heavy atom. The topological polar surface area (TPSA) is 80.2 Å². The van der Waals surface area contributed by atoms with Gasteiger partial charge in [0.15, 0.2) is 0 Å². The fourth-order valence-electron chi connectivity index (χ4n) is 3.46. The summed E-state index contributed by atoms with van der Waals surface area (Å²) in [4.78, 5) is 34.3. The number of halogens is 7. The molecule has 0 bridgehead atoms. The standard InChI is InChI=1S/C23H20Cl2F5N3O4/c1-12-4-14(2-3-17(12)21(34)31-19-10-37-33(22(19)35)9-20(26)27)18(32-36-11-23(28,29)30)7-13-5-15(24)8-16(25)6-13/h2-6,8,19-20H,7,9-11H2,1H3,(H,31,34)/b32-18+/t19-/m1/s1. The van der Waals surface area contributed by atoms with E-state index in [0.717, 1.165) is 0 Å². The van der Waals surface area contributed by atoms with Crippen molar-refractivity contribution in [1.82, 2.24) is 10.4 Å². The number of rotatable bonds is 9. The average Bonchev–Trinajstić information content (AvgIpc) is 3.10. The minimum Gasteiger partial charge on any atom is -0.386 e. The fourth-order valence-corrected chi connectivity index (χ4v) is 4.03. The second-order valence-corrected chi connectivity index (χ2v) is 8.90. The predicted octanol–water partition coefficient (Wildman–Crippen LogP) is 4.96. The Hall–Kier alpha value is -2.96. The van der Waals surface area contributed by atoms with Crippen molar-refractivity contribution < 1.29 is 41.2 Å². The van der Waals surface area contributed by atoms with Crippen molar-refractivity contribution >= 4 is 40.7 Å². The normalized spacial score (nSPS) is 16.5. The van der Waals surface area contributed by atoms with Gasteiger partial charge in [-0.3, -0.25) is 14.4 Å². The Balaban J connectivity index is 1.80. The van der Waals surface area contributed by atoms with Crippen LogP contribution in [-0.2, 0) is 20.9 Å². The molecule has 2 aromatic rings. The van der Waals surface area contributed by atoms with Gasteiger partial charge in [0, 0.05) is 22.0 Å². The molecule has 0 aromatic heterocycles. The van der Waals surface area contributed by atoms with Crippen LogP contribution in [0.1, 0.15) is 27.0 Å². The maximum atomic E-state index is 12.7. The summed E-state index contributed by atoms with van der Waals surface area (Å²) in [5, 5.41) is 7.22. The van der Waals surface area contributed by atoms with E-state index >= 15 is 0 Å². The molecule has 2 amide bonds. The summed E-state index contributed by atoms with van der Waals surface area (Å²) >= 11 is 12.0. The number of nitrogens with one attached hydrogen (secondary N) is 1. The molecule has 7 nitrogen and oxygen atoms in total. The van der Waals surface area contributed by atoms with Crippen LogP contribution in [-0.4, -0.2) is 61.0 Å². The van der Waals surface area contributed by atoms with Crippen molar-refractivity contribution in [1.29, 1.82) is 0 Å². The third-order valence-corrected chi connectivity index (χ3v) is 5.49. The molecule has 1 atom stereocenters. The first-order valence-electron chi connectivity index (χ1n) is 10.7. The summed E-state index contributed by atoms with van der Waals surface area (Å²) in [5.74, 6) is -1.47. The maximum absolute atomic E-state index is 12.7. The van der Waals surface area contributed by atoms with Gasteiger partial charge in [0.2, 0.25) is 6.61 Å². The molecule has 14 heteroatoms. The number of aryl methyl sites for hydroxylation is 1. The molecule has 1 saturated heterocycles. The van der Waals surface area contributed by atoms with Crippen LogP contribution in [0.2, 0.25) is 10.0 Å². The Labute approximate surface area is 218 Å². The molecule has 0 unspecified atom stereocenters. The van der Waals surface area contributed by atoms with Crippen molar-refractivity contribution in [3.63, 3.8) is 0 Å². The highest BCUT2D eigenvalue weighted by atomic mass is 35.5. The average molecular weight is 568 g/mol. The fraction of sp³-hybridized carbons (Fsp3) is 0.348. The monoisotopic (exact) mass is 567 g/mol. The minimum absolute atomic E-state index is 0.0109. The van der Waals surface area contributed by atoms with Gasteiger partial charge in [-0.05, 0) is 53.9 Å². The number of amides is 2. The van der Waals surface area contributed by atoms with E-state index in [0.29, 0.717) is 31.8 Å². The molecule has 0 aliphatic carbocycles. The summed E-state index contributed by atoms with van der Waals surface area (Å²) in [5.41, 5.74) is 1.57. The number of carbonyl (C=O) groups is 2. The van der Waals surface area contributed by atoms with E-state index in [1.54, 1.807) is 19.1 Å². The number of hydroxylamine groups is 2. The molecule has 0 saturated carbocycles. The van der Waals surface area contributed by atoms with Crippen LogP contribution in [0.25, 0.3) is 0 Å². The number of nitrogens with zero attached hydrogens (tertiary/aromatic N) is 2. The number of alkyl halides is 5. The van der Waals surface area contributed by atoms with Gasteiger partial charge in [-0.2, -0.15) is 13.2 Å². The molecule has 0 spiro atoms. The second-order valence-electron chi connectivity index (χ2n) is 8.02. The Morgan fingerprint density at radius 1 is 1.22 bits per heavy atom. The Kier molecular flexibility index (Phi) is 9.32. The number of hydrogen-bond acceptors (Lipinski definition) is 5. The molecule has 200 valence electrons. The quantitative estimate of drug-likeness (QED) is 0.264. The molecule has 3 rings (SSSR count). The molecule has 0 radical (unpaired) electrons. The van der Waals surface area contributed by atoms with Gasteiger partial charge >= 0.3 is 6.18 Å². The van der Waals surface area contributed by atoms with Gasteiger partial charge in [0.1, 0.15) is 19.2 Å². The van der Waals surface area contributed by atoms with Crippen molar-refractivity contribution in [2.24, 2.45) is 5.16 Å². The zero-order valence-corrected chi connectivity index (χ0v) is 20.6. The van der Waals surface area contributed by atoms with Crippen LogP contribution in [0.3, 0.4) is 0 Å². The molecule has 1 aliphatic heterocycles. The van der Waals surface area contributed by atoms with Crippen molar-refractivity contribution in [3.05, 3.63) is 68.7 Å². The predicted molar refractivity (Wildman–Crippen MR) is 125 cm³/mol. The second kappa shape index (κ2) is 12.1. The lowest BCUT2D eigenvalue weighted by Gasteiger charge is -2.15. The summed E-state index contributed by atoms with van der Waals surface area (Å²) in [6.07, 6.45) is -7.39. The van der Waals surface area contributed by atoms with Gasteiger partial charge in [-0.15, -0.1) is 0 Å². The zero-order valence-electron chi connectivity index (χ0n) is 19.1. The number of benzene rings is 2. The lowest BCUT2D eigenvalue weighted by molar-refractivity contribution is -0.173. The van der Waals surface area contributed by atoms with E-state index in [1.807, 2.05) is 0 Å². The maximum Gasteiger partial charge on any atom is 0.425 e. The first-order chi connectivity index (χ1) is 17.3. The van der Waals surface area contributed by atoms with E-state index in [2.05, 4.69) is 15.3 Å². The van der Waals surface area contributed by atoms with Crippen molar-refractivity contribution in [2.45, 2.75) is 32.0 Å². The third kappa shape index (κ3) is 8.27. The molecular formula is C23H20Cl2F5N3O4. The van der Waals surface area contributed by atoms with Crippen molar-refractivity contribution in [3.8, 4) is 0 Å². The SMILES string of the molecule is Cc1cc(/C(Cc2cc(Cl)cc(Cl)c2)=N/OCC(F)(F)F)ccc1C(=O)N[C@@H]1CON(CC(F)F)C1=O. The van der Waals surface area contributed by atoms with Gasteiger partial charge < -0.3 is 10.2 Å². The molecule has 37 heavy (non-hydrogen) atoms. The van der Waals surface area contributed by atoms with Crippen LogP contribution >= 0.6 is 23.2 Å². The van der Waals surface area contributed by atoms with Crippen LogP contribution in [0, 0.1) is 6.92 Å². The molecule has 1 fully saturated rings. The van der Waals surface area contributed by atoms with Crippen LogP contribution in [0.15, 0.2) is 41.6 Å². The molecule has 1 heterocycles. The molecular weight excluding hydrogens is 548 g/mol. The largest absolute Gasteiger partial charge is 0.425 e. The highest BCUT2D eigenvalue weighted by Crippen LogP contribution is 2.22. The minimum atomic E-state index is -4.60. The van der Waals surface area contributed by atoms with Crippen LogP contribution < -0.4 is 5.32 Å². The van der Waals surface area contributed by atoms with Crippen LogP contribution in [0.4, 0.5) is 22.0 Å². The van der Waals surface area contributed by atoms with Gasteiger partial charge in [-0.1, -0.05) is 34.4 Å². The van der Waals surface area contributed by atoms with E-state index in [4.69, 9.17) is 28.0 Å². The molecule has 2 aromatic carbocycles. The molecule has 1 aliphatic rings. The first-order valence-corrected chi connectivity index (χ1v) is 11.4. The Morgan fingerprint density at radius 3 is 2.49 bits per heavy atom. The summed E-state index contributed by atoms with van der Waals surface area (Å²) < 4.78 is 62.8. The van der Waals surface area contributed by atoms with Gasteiger partial charge in [-0.25, -0.2) is 13.8 Å². The third-order valence-electron chi connectivity index (χ3n) is 5.05. The number of carbonyl (C=O) groups excluding carboxylic acids is 2. The van der Waals surface area contributed by atoms with Crippen LogP contribution in [0.5, 0.6) is 0 Å². The van der Waals surface area contributed by atoms with E-state index in [1.165, 1.54) is 24.3 Å². The van der Waals surface area contributed by atoms with E-state index in [-0.39, 0.29) is 24.3 Å². The molecule has 1 N–H and O–H groups in total. The lowest BCUT2D eigenvalue weighted by Crippen LogP contribution is -2.43. The number of hydrogen-bond donors (Lipinski definition) is 1. The van der Waals surface area contributed by atoms with Gasteiger partial charge in [0.25, 0.3) is 18.2 Å². The van der Waals surface area contributed by atoms with E-state index < -0.39 is 43.6 Å². The number of oxime groups is 1. The lowest BCUT2D eigenvalue weighted by atomic mass is 9.97. The summed E-state index contributed by atoms with van der Waals surface area (Å²) in [6.45, 7) is -1.26. The smallest absolute Gasteiger partial charge is 0.386 e. The first kappa shape index (κ1) is 28.6. The Bertz CT molecular complexity index is 1170.